The molecule has 0 bridgehead atoms. The van der Waals surface area contributed by atoms with Crippen molar-refractivity contribution in [3.63, 3.8) is 0 Å². The summed E-state index contributed by atoms with van der Waals surface area (Å²) in [5, 5.41) is 21.7. The first kappa shape index (κ1) is 12.4. The van der Waals surface area contributed by atoms with Crippen LogP contribution in [0.15, 0.2) is 42.7 Å². The molecule has 0 atom stereocenters. The molecule has 0 amide bonds. The summed E-state index contributed by atoms with van der Waals surface area (Å²) in [7, 11) is 0. The maximum atomic E-state index is 11.3. The molecule has 3 rings (SSSR count). The number of nitrogens with one attached hydrogen (secondary N) is 2. The van der Waals surface area contributed by atoms with Crippen molar-refractivity contribution in [3.05, 3.63) is 48.5 Å². The van der Waals surface area contributed by atoms with Crippen LogP contribution < -0.4 is 4.74 Å². The number of carbonyl (C=O) groups excluding carboxylic acids is 1. The van der Waals surface area contributed by atoms with E-state index in [2.05, 4.69) is 36.0 Å². The summed E-state index contributed by atoms with van der Waals surface area (Å²) >= 11 is 0. The van der Waals surface area contributed by atoms with E-state index >= 15 is 0 Å². The van der Waals surface area contributed by atoms with Gasteiger partial charge in [0.05, 0.1) is 12.4 Å². The van der Waals surface area contributed by atoms with Crippen molar-refractivity contribution in [2.24, 2.45) is 0 Å². The van der Waals surface area contributed by atoms with E-state index in [1.807, 2.05) is 6.07 Å². The predicted molar refractivity (Wildman–Crippen MR) is 62.0 cm³/mol. The molecule has 0 spiro atoms. The molecular formula is C10H9N7O2. The van der Waals surface area contributed by atoms with Gasteiger partial charge in [0.15, 0.2) is 0 Å². The second kappa shape index (κ2) is 6.59. The zero-order valence-corrected chi connectivity index (χ0v) is 9.59. The Morgan fingerprint density at radius 3 is 2.32 bits per heavy atom. The van der Waals surface area contributed by atoms with Crippen LogP contribution in [0.5, 0.6) is 5.75 Å². The van der Waals surface area contributed by atoms with Crippen LogP contribution in [0.3, 0.4) is 0 Å². The summed E-state index contributed by atoms with van der Waals surface area (Å²) < 4.78 is 4.93. The normalized spacial score (nSPS) is 9.26. The second-order valence-corrected chi connectivity index (χ2v) is 3.09. The highest BCUT2D eigenvalue weighted by Crippen LogP contribution is 2.09. The van der Waals surface area contributed by atoms with Gasteiger partial charge in [0, 0.05) is 0 Å². The molecule has 0 unspecified atom stereocenters. The van der Waals surface area contributed by atoms with E-state index in [-0.39, 0.29) is 5.82 Å². The maximum Gasteiger partial charge on any atom is 0.385 e. The van der Waals surface area contributed by atoms with Crippen LogP contribution in [-0.2, 0) is 0 Å². The average molecular weight is 259 g/mol. The van der Waals surface area contributed by atoms with Crippen LogP contribution in [-0.4, -0.2) is 42.0 Å². The lowest BCUT2D eigenvalue weighted by atomic mass is 10.3. The van der Waals surface area contributed by atoms with Crippen molar-refractivity contribution in [2.75, 3.05) is 0 Å². The minimum Gasteiger partial charge on any atom is -0.421 e. The molecule has 2 heterocycles. The Hall–Kier alpha value is -3.10. The average Bonchev–Trinajstić information content (AvgIpc) is 3.16. The van der Waals surface area contributed by atoms with E-state index in [1.165, 1.54) is 0 Å². The van der Waals surface area contributed by atoms with Crippen molar-refractivity contribution in [2.45, 2.75) is 0 Å². The molecule has 0 aliphatic heterocycles. The molecule has 96 valence electrons. The minimum atomic E-state index is -0.634. The SMILES string of the molecule is O=C(Oc1ccccc1)c1nn[nH]n1.c1cn[nH]n1. The number of tetrazole rings is 1. The molecule has 0 saturated heterocycles. The van der Waals surface area contributed by atoms with E-state index in [9.17, 15) is 4.79 Å². The number of aromatic amines is 2. The number of hydrogen-bond donors (Lipinski definition) is 2. The van der Waals surface area contributed by atoms with Gasteiger partial charge < -0.3 is 4.74 Å². The van der Waals surface area contributed by atoms with Crippen molar-refractivity contribution >= 4 is 5.97 Å². The Morgan fingerprint density at radius 1 is 1.05 bits per heavy atom. The topological polar surface area (TPSA) is 122 Å². The van der Waals surface area contributed by atoms with Gasteiger partial charge in [0.2, 0.25) is 0 Å². The lowest BCUT2D eigenvalue weighted by Crippen LogP contribution is -2.10. The van der Waals surface area contributed by atoms with Crippen LogP contribution in [0.25, 0.3) is 0 Å². The lowest BCUT2D eigenvalue weighted by Gasteiger charge is -1.98. The third-order valence-corrected chi connectivity index (χ3v) is 1.81. The van der Waals surface area contributed by atoms with Crippen molar-refractivity contribution in [3.8, 4) is 5.75 Å². The van der Waals surface area contributed by atoms with E-state index in [1.54, 1.807) is 36.7 Å². The summed E-state index contributed by atoms with van der Waals surface area (Å²) in [4.78, 5) is 11.3. The Balaban J connectivity index is 0.000000224. The molecule has 0 aliphatic carbocycles. The Bertz CT molecular complexity index is 562. The van der Waals surface area contributed by atoms with E-state index in [0.717, 1.165) is 0 Å². The first-order valence-electron chi connectivity index (χ1n) is 5.16. The van der Waals surface area contributed by atoms with Crippen molar-refractivity contribution < 1.29 is 9.53 Å². The maximum absolute atomic E-state index is 11.3. The quantitative estimate of drug-likeness (QED) is 0.498. The lowest BCUT2D eigenvalue weighted by molar-refractivity contribution is 0.0722. The highest BCUT2D eigenvalue weighted by atomic mass is 16.5. The molecule has 0 radical (unpaired) electrons. The monoisotopic (exact) mass is 259 g/mol. The van der Waals surface area contributed by atoms with Gasteiger partial charge in [0.25, 0.3) is 5.82 Å². The van der Waals surface area contributed by atoms with E-state index in [0.29, 0.717) is 5.75 Å². The molecule has 0 saturated carbocycles. The van der Waals surface area contributed by atoms with Gasteiger partial charge in [-0.1, -0.05) is 18.2 Å². The van der Waals surface area contributed by atoms with Crippen LogP contribution in [0, 0.1) is 0 Å². The second-order valence-electron chi connectivity index (χ2n) is 3.09. The number of para-hydroxylation sites is 1. The molecule has 0 aliphatic rings. The molecule has 2 aromatic heterocycles. The van der Waals surface area contributed by atoms with Crippen LogP contribution in [0.2, 0.25) is 0 Å². The number of benzene rings is 1. The summed E-state index contributed by atoms with van der Waals surface area (Å²) in [6.45, 7) is 0. The van der Waals surface area contributed by atoms with Gasteiger partial charge in [0.1, 0.15) is 5.75 Å². The number of esters is 1. The van der Waals surface area contributed by atoms with Gasteiger partial charge in [-0.2, -0.15) is 20.6 Å². The van der Waals surface area contributed by atoms with Crippen LogP contribution in [0.4, 0.5) is 0 Å². The van der Waals surface area contributed by atoms with E-state index in [4.69, 9.17) is 4.74 Å². The van der Waals surface area contributed by atoms with E-state index < -0.39 is 5.97 Å². The fourth-order valence-corrected chi connectivity index (χ4v) is 1.06. The van der Waals surface area contributed by atoms with Gasteiger partial charge in [-0.25, -0.2) is 4.79 Å². The zero-order chi connectivity index (χ0) is 13.3. The van der Waals surface area contributed by atoms with Crippen molar-refractivity contribution in [1.82, 2.24) is 36.0 Å². The Morgan fingerprint density at radius 2 is 1.79 bits per heavy atom. The molecule has 19 heavy (non-hydrogen) atoms. The van der Waals surface area contributed by atoms with Crippen molar-refractivity contribution in [1.29, 1.82) is 0 Å². The molecule has 1 aromatic carbocycles. The third kappa shape index (κ3) is 4.00. The predicted octanol–water partition coefficient (Wildman–Crippen LogP) is 0.224. The fourth-order valence-electron chi connectivity index (χ4n) is 1.06. The van der Waals surface area contributed by atoms with Gasteiger partial charge in [-0.15, -0.1) is 10.2 Å². The summed E-state index contributed by atoms with van der Waals surface area (Å²) in [6.07, 6.45) is 3.17. The van der Waals surface area contributed by atoms with Crippen LogP contribution >= 0.6 is 0 Å². The highest BCUT2D eigenvalue weighted by molar-refractivity contribution is 5.86. The first-order chi connectivity index (χ1) is 9.36. The Labute approximate surface area is 107 Å². The van der Waals surface area contributed by atoms with Gasteiger partial charge in [-0.3, -0.25) is 0 Å². The summed E-state index contributed by atoms with van der Waals surface area (Å²) in [5.74, 6) is -0.277. The number of rotatable bonds is 2. The number of carbonyl (C=O) groups is 1. The summed E-state index contributed by atoms with van der Waals surface area (Å²) in [6, 6.07) is 8.68. The molecule has 2 N–H and O–H groups in total. The third-order valence-electron chi connectivity index (χ3n) is 1.81. The molecule has 0 fully saturated rings. The van der Waals surface area contributed by atoms with Gasteiger partial charge in [-0.05, 0) is 17.3 Å². The number of nitrogens with zero attached hydrogens (tertiary/aromatic N) is 5. The number of ether oxygens (including phenoxy) is 1. The smallest absolute Gasteiger partial charge is 0.385 e. The standard InChI is InChI=1S/C8H6N4O2.C2H3N3/c13-8(7-9-11-12-10-7)14-6-4-2-1-3-5-6;1-2-4-5-3-1/h1-5H,(H,9,10,11,12);1-2H,(H,3,4,5). The first-order valence-corrected chi connectivity index (χ1v) is 5.16. The van der Waals surface area contributed by atoms with Gasteiger partial charge >= 0.3 is 5.97 Å². The molecule has 3 aromatic rings. The molecular weight excluding hydrogens is 250 g/mol. The number of hydrogen-bond acceptors (Lipinski definition) is 7. The Kier molecular flexibility index (Phi) is 4.29. The zero-order valence-electron chi connectivity index (χ0n) is 9.59. The minimum absolute atomic E-state index is 0.0890. The summed E-state index contributed by atoms with van der Waals surface area (Å²) in [5.41, 5.74) is 0. The highest BCUT2D eigenvalue weighted by Gasteiger charge is 2.12. The molecule has 9 heteroatoms. The van der Waals surface area contributed by atoms with Crippen LogP contribution in [0.1, 0.15) is 10.6 Å². The largest absolute Gasteiger partial charge is 0.421 e. The number of H-pyrrole nitrogens is 2. The molecule has 9 nitrogen and oxygen atoms in total. The fraction of sp³-hybridized carbons (Fsp3) is 0. The number of aromatic nitrogens is 7.